The summed E-state index contributed by atoms with van der Waals surface area (Å²) in [6.45, 7) is 3.30. The maximum absolute atomic E-state index is 13.0. The zero-order valence-corrected chi connectivity index (χ0v) is 13.0. The van der Waals surface area contributed by atoms with Crippen LogP contribution in [-0.2, 0) is 11.0 Å². The fourth-order valence-electron chi connectivity index (χ4n) is 2.57. The van der Waals surface area contributed by atoms with Gasteiger partial charge in [0.15, 0.2) is 0 Å². The van der Waals surface area contributed by atoms with Gasteiger partial charge in [0.05, 0.1) is 17.3 Å². The molecule has 1 unspecified atom stereocenters. The number of anilines is 1. The van der Waals surface area contributed by atoms with Crippen molar-refractivity contribution in [3.05, 3.63) is 28.8 Å². The number of nitrogens with one attached hydrogen (secondary N) is 1. The standard InChI is InChI=1S/C15H18ClF3N2O/c1-10(21-7-3-2-4-8-21)14(22)20-13-6-5-11(16)9-12(13)15(17,18)19/h5-6,9-10H,2-4,7-8H2,1H3,(H,20,22). The highest BCUT2D eigenvalue weighted by Gasteiger charge is 2.35. The van der Waals surface area contributed by atoms with Crippen LogP contribution in [0.1, 0.15) is 31.7 Å². The monoisotopic (exact) mass is 334 g/mol. The fraction of sp³-hybridized carbons (Fsp3) is 0.533. The van der Waals surface area contributed by atoms with Crippen molar-refractivity contribution in [2.75, 3.05) is 18.4 Å². The molecule has 2 rings (SSSR count). The quantitative estimate of drug-likeness (QED) is 0.899. The van der Waals surface area contributed by atoms with Crippen LogP contribution in [0.5, 0.6) is 0 Å². The first-order valence-corrected chi connectivity index (χ1v) is 7.58. The summed E-state index contributed by atoms with van der Waals surface area (Å²) in [6.07, 6.45) is -1.43. The highest BCUT2D eigenvalue weighted by atomic mass is 35.5. The molecule has 1 saturated heterocycles. The molecule has 1 aliphatic heterocycles. The molecule has 1 fully saturated rings. The van der Waals surface area contributed by atoms with E-state index in [4.69, 9.17) is 11.6 Å². The van der Waals surface area contributed by atoms with Crippen LogP contribution < -0.4 is 5.32 Å². The van der Waals surface area contributed by atoms with Gasteiger partial charge >= 0.3 is 6.18 Å². The van der Waals surface area contributed by atoms with Crippen LogP contribution in [0.3, 0.4) is 0 Å². The van der Waals surface area contributed by atoms with E-state index in [0.717, 1.165) is 38.4 Å². The van der Waals surface area contributed by atoms with E-state index in [2.05, 4.69) is 5.32 Å². The molecule has 1 amide bonds. The Balaban J connectivity index is 2.14. The smallest absolute Gasteiger partial charge is 0.324 e. The number of carbonyl (C=O) groups excluding carboxylic acids is 1. The fourth-order valence-corrected chi connectivity index (χ4v) is 2.74. The third-order valence-electron chi connectivity index (χ3n) is 3.86. The topological polar surface area (TPSA) is 32.3 Å². The maximum Gasteiger partial charge on any atom is 0.418 e. The predicted octanol–water partition coefficient (Wildman–Crippen LogP) is 4.17. The van der Waals surface area contributed by atoms with Gasteiger partial charge in [0.2, 0.25) is 5.91 Å². The Hall–Kier alpha value is -1.27. The van der Waals surface area contributed by atoms with Gasteiger partial charge in [-0.05, 0) is 51.1 Å². The Morgan fingerprint density at radius 2 is 1.91 bits per heavy atom. The first kappa shape index (κ1) is 17.1. The number of halogens is 4. The molecule has 7 heteroatoms. The Morgan fingerprint density at radius 1 is 1.27 bits per heavy atom. The summed E-state index contributed by atoms with van der Waals surface area (Å²) in [5.41, 5.74) is -1.19. The maximum atomic E-state index is 13.0. The molecule has 1 atom stereocenters. The number of benzene rings is 1. The molecule has 3 nitrogen and oxygen atoms in total. The molecule has 0 radical (unpaired) electrons. The molecule has 0 aliphatic carbocycles. The van der Waals surface area contributed by atoms with Crippen molar-refractivity contribution in [2.24, 2.45) is 0 Å². The molecule has 0 saturated carbocycles. The number of carbonyl (C=O) groups is 1. The molecule has 0 spiro atoms. The van der Waals surface area contributed by atoms with Crippen LogP contribution >= 0.6 is 11.6 Å². The Kier molecular flexibility index (Phi) is 5.34. The minimum Gasteiger partial charge on any atom is -0.324 e. The Bertz CT molecular complexity index is 542. The molecular formula is C15H18ClF3N2O. The van der Waals surface area contributed by atoms with Gasteiger partial charge in [-0.2, -0.15) is 13.2 Å². The normalized spacial score (nSPS) is 18.0. The molecule has 1 aliphatic rings. The van der Waals surface area contributed by atoms with Crippen molar-refractivity contribution >= 4 is 23.2 Å². The SMILES string of the molecule is CC(C(=O)Nc1ccc(Cl)cc1C(F)(F)F)N1CCCCC1. The molecule has 1 aromatic rings. The second-order valence-corrected chi connectivity index (χ2v) is 5.89. The Labute approximate surface area is 132 Å². The summed E-state index contributed by atoms with van der Waals surface area (Å²) in [4.78, 5) is 14.2. The van der Waals surface area contributed by atoms with Gasteiger partial charge < -0.3 is 5.32 Å². The lowest BCUT2D eigenvalue weighted by Crippen LogP contribution is -2.44. The average Bonchev–Trinajstić information content (AvgIpc) is 2.48. The minimum atomic E-state index is -4.57. The largest absolute Gasteiger partial charge is 0.418 e. The van der Waals surface area contributed by atoms with E-state index in [9.17, 15) is 18.0 Å². The van der Waals surface area contributed by atoms with E-state index in [1.807, 2.05) is 4.90 Å². The summed E-state index contributed by atoms with van der Waals surface area (Å²) in [6, 6.07) is 2.88. The zero-order valence-electron chi connectivity index (χ0n) is 12.2. The summed E-state index contributed by atoms with van der Waals surface area (Å²) in [5.74, 6) is -0.435. The molecule has 1 N–H and O–H groups in total. The molecule has 22 heavy (non-hydrogen) atoms. The minimum absolute atomic E-state index is 0.0191. The van der Waals surface area contributed by atoms with E-state index in [-0.39, 0.29) is 10.7 Å². The van der Waals surface area contributed by atoms with E-state index in [0.29, 0.717) is 0 Å². The summed E-state index contributed by atoms with van der Waals surface area (Å²) < 4.78 is 39.0. The van der Waals surface area contributed by atoms with Gasteiger partial charge in [0, 0.05) is 5.02 Å². The van der Waals surface area contributed by atoms with Crippen molar-refractivity contribution < 1.29 is 18.0 Å². The van der Waals surface area contributed by atoms with Crippen molar-refractivity contribution in [3.63, 3.8) is 0 Å². The second kappa shape index (κ2) is 6.87. The lowest BCUT2D eigenvalue weighted by atomic mass is 10.1. The third kappa shape index (κ3) is 4.14. The van der Waals surface area contributed by atoms with Crippen molar-refractivity contribution in [2.45, 2.75) is 38.4 Å². The lowest BCUT2D eigenvalue weighted by Gasteiger charge is -2.31. The van der Waals surface area contributed by atoms with E-state index in [1.165, 1.54) is 12.1 Å². The highest BCUT2D eigenvalue weighted by Crippen LogP contribution is 2.36. The van der Waals surface area contributed by atoms with Crippen molar-refractivity contribution in [1.29, 1.82) is 0 Å². The van der Waals surface area contributed by atoms with Crippen molar-refractivity contribution in [1.82, 2.24) is 4.90 Å². The van der Waals surface area contributed by atoms with Crippen LogP contribution in [0.15, 0.2) is 18.2 Å². The number of amides is 1. The molecule has 1 aromatic carbocycles. The van der Waals surface area contributed by atoms with Gasteiger partial charge in [0.1, 0.15) is 0 Å². The van der Waals surface area contributed by atoms with Crippen LogP contribution in [0.2, 0.25) is 5.02 Å². The second-order valence-electron chi connectivity index (χ2n) is 5.45. The van der Waals surface area contributed by atoms with Gasteiger partial charge in [-0.1, -0.05) is 18.0 Å². The van der Waals surface area contributed by atoms with E-state index < -0.39 is 23.7 Å². The van der Waals surface area contributed by atoms with Crippen LogP contribution in [0, 0.1) is 0 Å². The summed E-state index contributed by atoms with van der Waals surface area (Å²) >= 11 is 5.62. The van der Waals surface area contributed by atoms with Crippen LogP contribution in [0.4, 0.5) is 18.9 Å². The summed E-state index contributed by atoms with van der Waals surface area (Å²) in [7, 11) is 0. The predicted molar refractivity (Wildman–Crippen MR) is 80.0 cm³/mol. The van der Waals surface area contributed by atoms with Crippen LogP contribution in [-0.4, -0.2) is 29.9 Å². The lowest BCUT2D eigenvalue weighted by molar-refractivity contribution is -0.137. The zero-order chi connectivity index (χ0) is 16.3. The van der Waals surface area contributed by atoms with Gasteiger partial charge in [-0.3, -0.25) is 9.69 Å². The van der Waals surface area contributed by atoms with Crippen LogP contribution in [0.25, 0.3) is 0 Å². The number of likely N-dealkylation sites (tertiary alicyclic amines) is 1. The Morgan fingerprint density at radius 3 is 2.50 bits per heavy atom. The third-order valence-corrected chi connectivity index (χ3v) is 4.10. The average molecular weight is 335 g/mol. The number of hydrogen-bond acceptors (Lipinski definition) is 2. The number of nitrogens with zero attached hydrogens (tertiary/aromatic N) is 1. The molecule has 1 heterocycles. The molecular weight excluding hydrogens is 317 g/mol. The van der Waals surface area contributed by atoms with E-state index >= 15 is 0 Å². The van der Waals surface area contributed by atoms with Gasteiger partial charge in [-0.25, -0.2) is 0 Å². The summed E-state index contributed by atoms with van der Waals surface area (Å²) in [5, 5.41) is 2.36. The van der Waals surface area contributed by atoms with Crippen molar-refractivity contribution in [3.8, 4) is 0 Å². The van der Waals surface area contributed by atoms with Gasteiger partial charge in [0.25, 0.3) is 0 Å². The first-order chi connectivity index (χ1) is 10.3. The molecule has 0 aromatic heterocycles. The number of hydrogen-bond donors (Lipinski definition) is 1. The number of alkyl halides is 3. The van der Waals surface area contributed by atoms with E-state index in [1.54, 1.807) is 6.92 Å². The molecule has 122 valence electrons. The first-order valence-electron chi connectivity index (χ1n) is 7.20. The molecule has 0 bridgehead atoms. The van der Waals surface area contributed by atoms with Gasteiger partial charge in [-0.15, -0.1) is 0 Å². The number of piperidine rings is 1. The number of rotatable bonds is 3. The highest BCUT2D eigenvalue weighted by molar-refractivity contribution is 6.30.